The molecule has 0 aliphatic carbocycles. The van der Waals surface area contributed by atoms with Crippen molar-refractivity contribution < 1.29 is 23.5 Å². The summed E-state index contributed by atoms with van der Waals surface area (Å²) < 4.78 is 18.2. The Balaban J connectivity index is 1.49. The number of amides is 1. The molecular formula is C24H20FNO4. The van der Waals surface area contributed by atoms with Crippen LogP contribution in [0.1, 0.15) is 38.3 Å². The lowest BCUT2D eigenvalue weighted by Gasteiger charge is -2.08. The van der Waals surface area contributed by atoms with Gasteiger partial charge in [-0.15, -0.1) is 0 Å². The molecule has 0 fully saturated rings. The van der Waals surface area contributed by atoms with Gasteiger partial charge in [0.1, 0.15) is 11.6 Å². The maximum atomic E-state index is 13.0. The second kappa shape index (κ2) is 9.60. The minimum Gasteiger partial charge on any atom is -0.426 e. The number of carbonyl (C=O) groups excluding carboxylic acids is 3. The maximum absolute atomic E-state index is 13.0. The molecule has 3 rings (SSSR count). The van der Waals surface area contributed by atoms with Crippen molar-refractivity contribution in [3.05, 3.63) is 101 Å². The van der Waals surface area contributed by atoms with Crippen LogP contribution in [-0.4, -0.2) is 24.2 Å². The molecular weight excluding hydrogens is 385 g/mol. The number of nitrogens with one attached hydrogen (secondary N) is 1. The molecule has 1 N–H and O–H groups in total. The first-order valence-electron chi connectivity index (χ1n) is 9.39. The number of ether oxygens (including phenoxy) is 1. The van der Waals surface area contributed by atoms with Gasteiger partial charge >= 0.3 is 5.97 Å². The molecule has 1 amide bonds. The van der Waals surface area contributed by atoms with E-state index in [9.17, 15) is 18.8 Å². The minimum absolute atomic E-state index is 0.00782. The van der Waals surface area contributed by atoms with Crippen LogP contribution in [0.3, 0.4) is 0 Å². The fraction of sp³-hybridized carbons (Fsp3) is 0.125. The van der Waals surface area contributed by atoms with E-state index in [1.54, 1.807) is 12.1 Å². The molecule has 0 aromatic heterocycles. The van der Waals surface area contributed by atoms with Crippen molar-refractivity contribution in [2.24, 2.45) is 0 Å². The number of benzene rings is 3. The predicted molar refractivity (Wildman–Crippen MR) is 110 cm³/mol. The zero-order chi connectivity index (χ0) is 21.5. The second-order valence-electron chi connectivity index (χ2n) is 6.66. The molecule has 6 heteroatoms. The highest BCUT2D eigenvalue weighted by atomic mass is 19.1. The summed E-state index contributed by atoms with van der Waals surface area (Å²) in [5.41, 5.74) is 2.18. The van der Waals surface area contributed by atoms with E-state index < -0.39 is 11.8 Å². The largest absolute Gasteiger partial charge is 0.426 e. The van der Waals surface area contributed by atoms with E-state index in [0.29, 0.717) is 22.4 Å². The molecule has 152 valence electrons. The lowest BCUT2D eigenvalue weighted by atomic mass is 10.0. The number of esters is 1. The quantitative estimate of drug-likeness (QED) is 0.365. The number of hydrogen-bond acceptors (Lipinski definition) is 4. The number of halogens is 1. The monoisotopic (exact) mass is 405 g/mol. The molecule has 0 saturated heterocycles. The minimum atomic E-state index is -0.502. The average Bonchev–Trinajstić information content (AvgIpc) is 2.74. The van der Waals surface area contributed by atoms with Gasteiger partial charge in [0.2, 0.25) is 0 Å². The van der Waals surface area contributed by atoms with E-state index in [-0.39, 0.29) is 24.7 Å². The average molecular weight is 405 g/mol. The van der Waals surface area contributed by atoms with Crippen molar-refractivity contribution in [3.8, 4) is 5.75 Å². The third-order valence-electron chi connectivity index (χ3n) is 4.46. The number of rotatable bonds is 7. The molecule has 0 atom stereocenters. The SMILES string of the molecule is Cc1ccccc1C(=O)NCCC(=O)Oc1ccc(C(=O)c2ccc(F)cc2)cc1. The summed E-state index contributed by atoms with van der Waals surface area (Å²) in [5.74, 6) is -1.13. The Morgan fingerprint density at radius 3 is 2.10 bits per heavy atom. The molecule has 30 heavy (non-hydrogen) atoms. The third kappa shape index (κ3) is 5.38. The molecule has 0 saturated carbocycles. The standard InChI is InChI=1S/C24H20FNO4/c1-16-4-2-3-5-21(16)24(29)26-15-14-22(27)30-20-12-8-18(9-13-20)23(28)17-6-10-19(25)11-7-17/h2-13H,14-15H2,1H3,(H,26,29). The highest BCUT2D eigenvalue weighted by Gasteiger charge is 2.12. The number of ketones is 1. The first-order chi connectivity index (χ1) is 14.4. The van der Waals surface area contributed by atoms with Gasteiger partial charge in [-0.1, -0.05) is 18.2 Å². The highest BCUT2D eigenvalue weighted by Crippen LogP contribution is 2.16. The predicted octanol–water partition coefficient (Wildman–Crippen LogP) is 4.09. The van der Waals surface area contributed by atoms with Gasteiger partial charge in [-0.05, 0) is 67.1 Å². The van der Waals surface area contributed by atoms with Gasteiger partial charge in [0.25, 0.3) is 5.91 Å². The van der Waals surface area contributed by atoms with Crippen molar-refractivity contribution in [3.63, 3.8) is 0 Å². The van der Waals surface area contributed by atoms with Gasteiger partial charge in [-0.25, -0.2) is 4.39 Å². The van der Waals surface area contributed by atoms with Gasteiger partial charge in [0, 0.05) is 23.2 Å². The van der Waals surface area contributed by atoms with E-state index in [1.165, 1.54) is 48.5 Å². The Morgan fingerprint density at radius 1 is 0.867 bits per heavy atom. The highest BCUT2D eigenvalue weighted by molar-refractivity contribution is 6.09. The summed E-state index contributed by atoms with van der Waals surface area (Å²) in [4.78, 5) is 36.5. The Hall–Kier alpha value is -3.80. The summed E-state index contributed by atoms with van der Waals surface area (Å²) in [7, 11) is 0. The Labute approximate surface area is 173 Å². The zero-order valence-electron chi connectivity index (χ0n) is 16.4. The molecule has 0 aliphatic rings. The van der Waals surface area contributed by atoms with Crippen molar-refractivity contribution in [1.29, 1.82) is 0 Å². The summed E-state index contributed by atoms with van der Waals surface area (Å²) in [6.45, 7) is 1.99. The zero-order valence-corrected chi connectivity index (χ0v) is 16.4. The van der Waals surface area contributed by atoms with Crippen LogP contribution in [0, 0.1) is 12.7 Å². The Kier molecular flexibility index (Phi) is 6.70. The number of carbonyl (C=O) groups is 3. The van der Waals surface area contributed by atoms with E-state index in [4.69, 9.17) is 4.74 Å². The van der Waals surface area contributed by atoms with Crippen LogP contribution in [0.25, 0.3) is 0 Å². The summed E-state index contributed by atoms with van der Waals surface area (Å²) >= 11 is 0. The molecule has 3 aromatic rings. The molecule has 0 unspecified atom stereocenters. The van der Waals surface area contributed by atoms with Crippen LogP contribution in [0.2, 0.25) is 0 Å². The fourth-order valence-electron chi connectivity index (χ4n) is 2.83. The number of aryl methyl sites for hydroxylation is 1. The van der Waals surface area contributed by atoms with E-state index in [0.717, 1.165) is 5.56 Å². The van der Waals surface area contributed by atoms with Gasteiger partial charge in [0.15, 0.2) is 5.78 Å². The Morgan fingerprint density at radius 2 is 1.47 bits per heavy atom. The fourth-order valence-corrected chi connectivity index (χ4v) is 2.83. The van der Waals surface area contributed by atoms with Gasteiger partial charge in [0.05, 0.1) is 6.42 Å². The summed E-state index contributed by atoms with van der Waals surface area (Å²) in [6, 6.07) is 18.6. The van der Waals surface area contributed by atoms with Crippen LogP contribution < -0.4 is 10.1 Å². The lowest BCUT2D eigenvalue weighted by molar-refractivity contribution is -0.134. The summed E-state index contributed by atoms with van der Waals surface area (Å²) in [6.07, 6.45) is 0.00782. The van der Waals surface area contributed by atoms with Crippen molar-refractivity contribution >= 4 is 17.7 Å². The van der Waals surface area contributed by atoms with Crippen LogP contribution in [0.15, 0.2) is 72.8 Å². The van der Waals surface area contributed by atoms with Crippen molar-refractivity contribution in [2.45, 2.75) is 13.3 Å². The lowest BCUT2D eigenvalue weighted by Crippen LogP contribution is -2.27. The van der Waals surface area contributed by atoms with E-state index in [2.05, 4.69) is 5.32 Å². The summed E-state index contributed by atoms with van der Waals surface area (Å²) in [5, 5.41) is 2.69. The normalized spacial score (nSPS) is 10.3. The smallest absolute Gasteiger partial charge is 0.312 e. The third-order valence-corrected chi connectivity index (χ3v) is 4.46. The topological polar surface area (TPSA) is 72.5 Å². The molecule has 5 nitrogen and oxygen atoms in total. The van der Waals surface area contributed by atoms with E-state index >= 15 is 0 Å². The molecule has 0 spiro atoms. The van der Waals surface area contributed by atoms with Crippen LogP contribution in [0.5, 0.6) is 5.75 Å². The molecule has 0 aliphatic heterocycles. The first-order valence-corrected chi connectivity index (χ1v) is 9.39. The molecule has 0 heterocycles. The maximum Gasteiger partial charge on any atom is 0.312 e. The van der Waals surface area contributed by atoms with Crippen LogP contribution in [0.4, 0.5) is 4.39 Å². The molecule has 3 aromatic carbocycles. The van der Waals surface area contributed by atoms with Crippen molar-refractivity contribution in [1.82, 2.24) is 5.32 Å². The van der Waals surface area contributed by atoms with Crippen LogP contribution in [-0.2, 0) is 4.79 Å². The van der Waals surface area contributed by atoms with Gasteiger partial charge < -0.3 is 10.1 Å². The molecule has 0 bridgehead atoms. The first kappa shape index (κ1) is 20.9. The van der Waals surface area contributed by atoms with E-state index in [1.807, 2.05) is 19.1 Å². The van der Waals surface area contributed by atoms with Gasteiger partial charge in [-0.3, -0.25) is 14.4 Å². The van der Waals surface area contributed by atoms with Crippen LogP contribution >= 0.6 is 0 Å². The Bertz CT molecular complexity index is 1060. The second-order valence-corrected chi connectivity index (χ2v) is 6.66. The number of hydrogen-bond donors (Lipinski definition) is 1. The molecule has 0 radical (unpaired) electrons. The van der Waals surface area contributed by atoms with Gasteiger partial charge in [-0.2, -0.15) is 0 Å². The van der Waals surface area contributed by atoms with Crippen molar-refractivity contribution in [2.75, 3.05) is 6.54 Å².